The number of pyridine rings is 1. The van der Waals surface area contributed by atoms with E-state index in [1.165, 1.54) is 12.3 Å². The van der Waals surface area contributed by atoms with Crippen molar-refractivity contribution in [3.63, 3.8) is 0 Å². The van der Waals surface area contributed by atoms with E-state index in [1.54, 1.807) is 0 Å². The van der Waals surface area contributed by atoms with Crippen molar-refractivity contribution in [3.8, 4) is 17.9 Å². The molecule has 1 heterocycles. The van der Waals surface area contributed by atoms with Crippen LogP contribution in [-0.4, -0.2) is 11.1 Å². The molecule has 4 heteroatoms. The number of hydrogen-bond donors (Lipinski definition) is 0. The van der Waals surface area contributed by atoms with Gasteiger partial charge in [-0.05, 0) is 12.8 Å². The second-order valence-electron chi connectivity index (χ2n) is 3.11. The Balaban J connectivity index is 2.33. The van der Waals surface area contributed by atoms with E-state index in [2.05, 4.69) is 4.98 Å². The highest BCUT2D eigenvalue weighted by molar-refractivity contribution is 5.44. The van der Waals surface area contributed by atoms with Gasteiger partial charge in [0.25, 0.3) is 0 Å². The van der Waals surface area contributed by atoms with Crippen LogP contribution in [0, 0.1) is 22.7 Å². The molecule has 0 saturated heterocycles. The van der Waals surface area contributed by atoms with Crippen LogP contribution >= 0.6 is 0 Å². The van der Waals surface area contributed by atoms with Gasteiger partial charge in [0.15, 0.2) is 0 Å². The summed E-state index contributed by atoms with van der Waals surface area (Å²) in [7, 11) is 0. The fraction of sp³-hybridized carbons (Fsp3) is 0.300. The molecule has 1 fully saturated rings. The molecular formula is C10H7N3O. The van der Waals surface area contributed by atoms with E-state index in [0.717, 1.165) is 12.8 Å². The largest absolute Gasteiger partial charge is 0.489 e. The molecule has 2 rings (SSSR count). The van der Waals surface area contributed by atoms with Gasteiger partial charge in [-0.3, -0.25) is 0 Å². The molecule has 0 amide bonds. The first kappa shape index (κ1) is 8.52. The first-order chi connectivity index (χ1) is 6.83. The maximum absolute atomic E-state index is 8.76. The molecule has 68 valence electrons. The Bertz CT molecular complexity index is 438. The Labute approximate surface area is 81.4 Å². The van der Waals surface area contributed by atoms with Crippen LogP contribution in [0.5, 0.6) is 5.75 Å². The SMILES string of the molecule is N#Cc1cc(OC2CC2)c(C#N)cn1. The van der Waals surface area contributed by atoms with Gasteiger partial charge < -0.3 is 4.74 Å². The first-order valence-electron chi connectivity index (χ1n) is 4.30. The minimum absolute atomic E-state index is 0.219. The topological polar surface area (TPSA) is 69.7 Å². The molecule has 0 N–H and O–H groups in total. The van der Waals surface area contributed by atoms with Crippen LogP contribution < -0.4 is 4.74 Å². The van der Waals surface area contributed by atoms with Crippen molar-refractivity contribution in [2.45, 2.75) is 18.9 Å². The Morgan fingerprint density at radius 1 is 1.36 bits per heavy atom. The van der Waals surface area contributed by atoms with E-state index in [0.29, 0.717) is 11.3 Å². The lowest BCUT2D eigenvalue weighted by Gasteiger charge is -2.05. The van der Waals surface area contributed by atoms with Gasteiger partial charge in [-0.25, -0.2) is 4.98 Å². The molecule has 0 unspecified atom stereocenters. The second-order valence-corrected chi connectivity index (χ2v) is 3.11. The van der Waals surface area contributed by atoms with Crippen LogP contribution in [0.15, 0.2) is 12.3 Å². The van der Waals surface area contributed by atoms with Gasteiger partial charge in [-0.1, -0.05) is 0 Å². The Morgan fingerprint density at radius 3 is 2.71 bits per heavy atom. The summed E-state index contributed by atoms with van der Waals surface area (Å²) in [5.74, 6) is 0.474. The van der Waals surface area contributed by atoms with Gasteiger partial charge in [0, 0.05) is 12.3 Å². The monoisotopic (exact) mass is 185 g/mol. The van der Waals surface area contributed by atoms with Crippen LogP contribution in [0.3, 0.4) is 0 Å². The highest BCUT2D eigenvalue weighted by Crippen LogP contribution is 2.28. The van der Waals surface area contributed by atoms with Crippen molar-refractivity contribution in [2.24, 2.45) is 0 Å². The fourth-order valence-corrected chi connectivity index (χ4v) is 1.04. The lowest BCUT2D eigenvalue weighted by atomic mass is 10.2. The summed E-state index contributed by atoms with van der Waals surface area (Å²) in [6.45, 7) is 0. The third-order valence-electron chi connectivity index (χ3n) is 1.92. The van der Waals surface area contributed by atoms with Crippen LogP contribution in [0.4, 0.5) is 0 Å². The van der Waals surface area contributed by atoms with Crippen LogP contribution in [0.2, 0.25) is 0 Å². The van der Waals surface area contributed by atoms with Gasteiger partial charge in [0.05, 0.1) is 6.10 Å². The van der Waals surface area contributed by atoms with Crippen molar-refractivity contribution in [1.82, 2.24) is 4.98 Å². The lowest BCUT2D eigenvalue weighted by Crippen LogP contribution is -1.99. The zero-order chi connectivity index (χ0) is 9.97. The molecule has 1 aromatic rings. The van der Waals surface area contributed by atoms with E-state index in [9.17, 15) is 0 Å². The molecule has 0 spiro atoms. The summed E-state index contributed by atoms with van der Waals surface area (Å²) < 4.78 is 5.48. The van der Waals surface area contributed by atoms with Gasteiger partial charge in [0.1, 0.15) is 29.1 Å². The van der Waals surface area contributed by atoms with E-state index in [-0.39, 0.29) is 11.8 Å². The summed E-state index contributed by atoms with van der Waals surface area (Å²) in [5.41, 5.74) is 0.663. The lowest BCUT2D eigenvalue weighted by molar-refractivity contribution is 0.302. The van der Waals surface area contributed by atoms with Crippen LogP contribution in [0.25, 0.3) is 0 Å². The van der Waals surface area contributed by atoms with Crippen molar-refractivity contribution in [3.05, 3.63) is 23.5 Å². The number of aromatic nitrogens is 1. The highest BCUT2D eigenvalue weighted by atomic mass is 16.5. The predicted molar refractivity (Wildman–Crippen MR) is 47.3 cm³/mol. The van der Waals surface area contributed by atoms with E-state index < -0.39 is 0 Å². The Hall–Kier alpha value is -2.07. The third kappa shape index (κ3) is 1.65. The van der Waals surface area contributed by atoms with E-state index in [4.69, 9.17) is 15.3 Å². The summed E-state index contributed by atoms with van der Waals surface area (Å²) in [5, 5.41) is 17.4. The van der Waals surface area contributed by atoms with E-state index >= 15 is 0 Å². The molecule has 1 aliphatic rings. The third-order valence-corrected chi connectivity index (χ3v) is 1.92. The van der Waals surface area contributed by atoms with Crippen molar-refractivity contribution >= 4 is 0 Å². The molecule has 4 nitrogen and oxygen atoms in total. The number of ether oxygens (including phenoxy) is 1. The summed E-state index contributed by atoms with van der Waals surface area (Å²) >= 11 is 0. The quantitative estimate of drug-likeness (QED) is 0.697. The number of rotatable bonds is 2. The molecule has 0 atom stereocenters. The van der Waals surface area contributed by atoms with Crippen LogP contribution in [-0.2, 0) is 0 Å². The minimum Gasteiger partial charge on any atom is -0.489 e. The number of hydrogen-bond acceptors (Lipinski definition) is 4. The molecule has 0 bridgehead atoms. The van der Waals surface area contributed by atoms with Crippen LogP contribution in [0.1, 0.15) is 24.1 Å². The number of nitrogens with zero attached hydrogens (tertiary/aromatic N) is 3. The minimum atomic E-state index is 0.219. The number of nitriles is 2. The summed E-state index contributed by atoms with van der Waals surface area (Å²) in [6.07, 6.45) is 3.64. The molecular weight excluding hydrogens is 178 g/mol. The zero-order valence-electron chi connectivity index (χ0n) is 7.40. The summed E-state index contributed by atoms with van der Waals surface area (Å²) in [6, 6.07) is 5.41. The average Bonchev–Trinajstić information content (AvgIpc) is 3.01. The van der Waals surface area contributed by atoms with Crippen molar-refractivity contribution in [1.29, 1.82) is 10.5 Å². The molecule has 0 radical (unpaired) electrons. The molecule has 1 saturated carbocycles. The molecule has 14 heavy (non-hydrogen) atoms. The molecule has 0 aliphatic heterocycles. The van der Waals surface area contributed by atoms with Gasteiger partial charge in [0.2, 0.25) is 0 Å². The van der Waals surface area contributed by atoms with E-state index in [1.807, 2.05) is 12.1 Å². The average molecular weight is 185 g/mol. The maximum atomic E-state index is 8.76. The second kappa shape index (κ2) is 3.35. The molecule has 1 aromatic heterocycles. The molecule has 1 aliphatic carbocycles. The van der Waals surface area contributed by atoms with Gasteiger partial charge in [-0.15, -0.1) is 0 Å². The maximum Gasteiger partial charge on any atom is 0.144 e. The van der Waals surface area contributed by atoms with Gasteiger partial charge >= 0.3 is 0 Å². The Kier molecular flexibility index (Phi) is 2.04. The predicted octanol–water partition coefficient (Wildman–Crippen LogP) is 1.37. The fourth-order valence-electron chi connectivity index (χ4n) is 1.04. The first-order valence-corrected chi connectivity index (χ1v) is 4.30. The zero-order valence-corrected chi connectivity index (χ0v) is 7.40. The standard InChI is InChI=1S/C10H7N3O/c11-4-7-6-13-8(5-12)3-10(7)14-9-1-2-9/h3,6,9H,1-2H2. The molecule has 0 aromatic carbocycles. The van der Waals surface area contributed by atoms with Crippen molar-refractivity contribution < 1.29 is 4.74 Å². The normalized spacial score (nSPS) is 14.1. The summed E-state index contributed by atoms with van der Waals surface area (Å²) in [4.78, 5) is 3.79. The van der Waals surface area contributed by atoms with Crippen molar-refractivity contribution in [2.75, 3.05) is 0 Å². The highest BCUT2D eigenvalue weighted by Gasteiger charge is 2.24. The Morgan fingerprint density at radius 2 is 2.14 bits per heavy atom. The smallest absolute Gasteiger partial charge is 0.144 e. The van der Waals surface area contributed by atoms with Gasteiger partial charge in [-0.2, -0.15) is 10.5 Å².